The molecule has 0 radical (unpaired) electrons. The average Bonchev–Trinajstić information content (AvgIpc) is 2.78. The third kappa shape index (κ3) is 2.33. The number of amides is 1. The number of rotatable bonds is 3. The van der Waals surface area contributed by atoms with Crippen molar-refractivity contribution in [3.8, 4) is 0 Å². The van der Waals surface area contributed by atoms with Crippen molar-refractivity contribution in [1.29, 1.82) is 0 Å². The number of hydrogen-bond donors (Lipinski definition) is 0. The highest BCUT2D eigenvalue weighted by atomic mass is 16.2. The molecule has 17 heavy (non-hydrogen) atoms. The molecule has 0 saturated heterocycles. The Morgan fingerprint density at radius 3 is 2.59 bits per heavy atom. The quantitative estimate of drug-likeness (QED) is 0.802. The highest BCUT2D eigenvalue weighted by Crippen LogP contribution is 2.15. The summed E-state index contributed by atoms with van der Waals surface area (Å²) in [5, 5.41) is 7.60. The maximum atomic E-state index is 12.2. The first-order valence-electron chi connectivity index (χ1n) is 5.45. The number of benzene rings is 1. The minimum absolute atomic E-state index is 0.133. The van der Waals surface area contributed by atoms with E-state index in [1.807, 2.05) is 37.3 Å². The van der Waals surface area contributed by atoms with Crippen LogP contribution in [0.3, 0.4) is 0 Å². The second-order valence-corrected chi connectivity index (χ2v) is 3.66. The predicted octanol–water partition coefficient (Wildman–Crippen LogP) is 1.48. The first kappa shape index (κ1) is 11.3. The molecule has 0 atom stereocenters. The molecule has 0 fully saturated rings. The van der Waals surface area contributed by atoms with Crippen LogP contribution in [0.25, 0.3) is 0 Å². The second kappa shape index (κ2) is 4.78. The van der Waals surface area contributed by atoms with Crippen molar-refractivity contribution >= 4 is 11.6 Å². The van der Waals surface area contributed by atoms with Gasteiger partial charge in [0.2, 0.25) is 0 Å². The van der Waals surface area contributed by atoms with Gasteiger partial charge in [-0.3, -0.25) is 9.48 Å². The summed E-state index contributed by atoms with van der Waals surface area (Å²) < 4.78 is 1.52. The van der Waals surface area contributed by atoms with E-state index in [1.165, 1.54) is 4.68 Å². The van der Waals surface area contributed by atoms with Gasteiger partial charge in [-0.25, -0.2) is 0 Å². The largest absolute Gasteiger partial charge is 0.307 e. The van der Waals surface area contributed by atoms with E-state index >= 15 is 0 Å². The summed E-state index contributed by atoms with van der Waals surface area (Å²) in [6.45, 7) is 2.53. The maximum absolute atomic E-state index is 12.2. The molecule has 5 nitrogen and oxygen atoms in total. The summed E-state index contributed by atoms with van der Waals surface area (Å²) in [5.74, 6) is -0.133. The minimum Gasteiger partial charge on any atom is -0.307 e. The van der Waals surface area contributed by atoms with Crippen LogP contribution in [0.4, 0.5) is 5.69 Å². The molecule has 2 rings (SSSR count). The smallest absolute Gasteiger partial charge is 0.280 e. The fraction of sp³-hybridized carbons (Fsp3) is 0.250. The number of aromatic nitrogens is 3. The fourth-order valence-corrected chi connectivity index (χ4v) is 1.63. The lowest BCUT2D eigenvalue weighted by Crippen LogP contribution is -2.30. The topological polar surface area (TPSA) is 51.0 Å². The van der Waals surface area contributed by atoms with Crippen molar-refractivity contribution in [3.63, 3.8) is 0 Å². The summed E-state index contributed by atoms with van der Waals surface area (Å²) >= 11 is 0. The van der Waals surface area contributed by atoms with Crippen LogP contribution in [0.2, 0.25) is 0 Å². The molecule has 0 saturated carbocycles. The number of nitrogens with zero attached hydrogens (tertiary/aromatic N) is 4. The molecule has 0 aliphatic carbocycles. The highest BCUT2D eigenvalue weighted by Gasteiger charge is 2.18. The molecular weight excluding hydrogens is 216 g/mol. The average molecular weight is 230 g/mol. The van der Waals surface area contributed by atoms with Gasteiger partial charge >= 0.3 is 0 Å². The Morgan fingerprint density at radius 1 is 1.35 bits per heavy atom. The number of carbonyl (C=O) groups is 1. The summed E-state index contributed by atoms with van der Waals surface area (Å²) in [5.41, 5.74) is 1.23. The first-order valence-corrected chi connectivity index (χ1v) is 5.45. The summed E-state index contributed by atoms with van der Waals surface area (Å²) in [4.78, 5) is 13.9. The van der Waals surface area contributed by atoms with Gasteiger partial charge in [-0.2, -0.15) is 0 Å². The van der Waals surface area contributed by atoms with Gasteiger partial charge in [-0.15, -0.1) is 5.10 Å². The van der Waals surface area contributed by atoms with Gasteiger partial charge < -0.3 is 4.90 Å². The fourth-order valence-electron chi connectivity index (χ4n) is 1.63. The number of carbonyl (C=O) groups excluding carboxylic acids is 1. The lowest BCUT2D eigenvalue weighted by Gasteiger charge is -2.19. The Morgan fingerprint density at radius 2 is 2.06 bits per heavy atom. The molecular formula is C12H14N4O. The Hall–Kier alpha value is -2.17. The van der Waals surface area contributed by atoms with E-state index in [4.69, 9.17) is 0 Å². The molecule has 0 spiro atoms. The standard InChI is InChI=1S/C12H14N4O/c1-3-16(10-7-5-4-6-8-10)12(17)11-9-15(2)14-13-11/h4-9H,3H2,1-2H3. The van der Waals surface area contributed by atoms with E-state index in [-0.39, 0.29) is 5.91 Å². The Bertz CT molecular complexity index is 506. The Labute approximate surface area is 99.7 Å². The molecule has 1 amide bonds. The minimum atomic E-state index is -0.133. The highest BCUT2D eigenvalue weighted by molar-refractivity contribution is 6.04. The molecule has 1 heterocycles. The molecule has 0 unspecified atom stereocenters. The lowest BCUT2D eigenvalue weighted by atomic mass is 10.2. The summed E-state index contributed by atoms with van der Waals surface area (Å²) in [6.07, 6.45) is 1.62. The van der Waals surface area contributed by atoms with Crippen molar-refractivity contribution in [2.24, 2.45) is 7.05 Å². The molecule has 0 aliphatic heterocycles. The predicted molar refractivity (Wildman–Crippen MR) is 64.8 cm³/mol. The van der Waals surface area contributed by atoms with Crippen LogP contribution in [0.15, 0.2) is 36.5 Å². The normalized spacial score (nSPS) is 10.2. The second-order valence-electron chi connectivity index (χ2n) is 3.66. The van der Waals surface area contributed by atoms with E-state index in [9.17, 15) is 4.79 Å². The van der Waals surface area contributed by atoms with Gasteiger partial charge in [0, 0.05) is 19.3 Å². The van der Waals surface area contributed by atoms with Crippen LogP contribution in [-0.2, 0) is 7.05 Å². The van der Waals surface area contributed by atoms with E-state index in [2.05, 4.69) is 10.3 Å². The van der Waals surface area contributed by atoms with E-state index in [0.717, 1.165) is 5.69 Å². The summed E-state index contributed by atoms with van der Waals surface area (Å²) in [6, 6.07) is 9.53. The van der Waals surface area contributed by atoms with Crippen molar-refractivity contribution < 1.29 is 4.79 Å². The van der Waals surface area contributed by atoms with Crippen molar-refractivity contribution in [2.75, 3.05) is 11.4 Å². The number of aryl methyl sites for hydroxylation is 1. The zero-order chi connectivity index (χ0) is 12.3. The van der Waals surface area contributed by atoms with Crippen LogP contribution in [0, 0.1) is 0 Å². The Balaban J connectivity index is 2.28. The summed E-state index contributed by atoms with van der Waals surface area (Å²) in [7, 11) is 1.74. The molecule has 0 bridgehead atoms. The van der Waals surface area contributed by atoms with Crippen LogP contribution >= 0.6 is 0 Å². The van der Waals surface area contributed by atoms with Gasteiger partial charge in [0.25, 0.3) is 5.91 Å². The Kier molecular flexibility index (Phi) is 3.18. The number of hydrogen-bond acceptors (Lipinski definition) is 3. The van der Waals surface area contributed by atoms with Crippen LogP contribution in [0.1, 0.15) is 17.4 Å². The van der Waals surface area contributed by atoms with Crippen LogP contribution < -0.4 is 4.90 Å². The SMILES string of the molecule is CCN(C(=O)c1cn(C)nn1)c1ccccc1. The van der Waals surface area contributed by atoms with Crippen molar-refractivity contribution in [1.82, 2.24) is 15.0 Å². The van der Waals surface area contributed by atoms with Crippen molar-refractivity contribution in [2.45, 2.75) is 6.92 Å². The van der Waals surface area contributed by atoms with Crippen LogP contribution in [0.5, 0.6) is 0 Å². The lowest BCUT2D eigenvalue weighted by molar-refractivity contribution is 0.0983. The third-order valence-electron chi connectivity index (χ3n) is 2.45. The molecule has 0 N–H and O–H groups in total. The molecule has 1 aromatic heterocycles. The first-order chi connectivity index (χ1) is 8.22. The van der Waals surface area contributed by atoms with Gasteiger partial charge in [0.15, 0.2) is 5.69 Å². The zero-order valence-electron chi connectivity index (χ0n) is 9.87. The molecule has 2 aromatic rings. The van der Waals surface area contributed by atoms with Gasteiger partial charge in [-0.1, -0.05) is 23.4 Å². The molecule has 1 aromatic carbocycles. The van der Waals surface area contributed by atoms with E-state index in [1.54, 1.807) is 18.1 Å². The van der Waals surface area contributed by atoms with Gasteiger partial charge in [-0.05, 0) is 19.1 Å². The monoisotopic (exact) mass is 230 g/mol. The van der Waals surface area contributed by atoms with E-state index in [0.29, 0.717) is 12.2 Å². The number of anilines is 1. The van der Waals surface area contributed by atoms with Gasteiger partial charge in [0.05, 0.1) is 6.20 Å². The zero-order valence-corrected chi connectivity index (χ0v) is 9.87. The maximum Gasteiger partial charge on any atom is 0.280 e. The van der Waals surface area contributed by atoms with Gasteiger partial charge in [0.1, 0.15) is 0 Å². The molecule has 0 aliphatic rings. The third-order valence-corrected chi connectivity index (χ3v) is 2.45. The van der Waals surface area contributed by atoms with Crippen molar-refractivity contribution in [3.05, 3.63) is 42.2 Å². The van der Waals surface area contributed by atoms with E-state index < -0.39 is 0 Å². The molecule has 5 heteroatoms. The van der Waals surface area contributed by atoms with Crippen LogP contribution in [-0.4, -0.2) is 27.4 Å². The molecule has 88 valence electrons. The number of para-hydroxylation sites is 1.